The molecule has 1 saturated heterocycles. The highest BCUT2D eigenvalue weighted by molar-refractivity contribution is 5.69. The molecule has 1 aliphatic heterocycles. The van der Waals surface area contributed by atoms with Crippen LogP contribution in [0.4, 0.5) is 5.82 Å². The number of benzene rings is 1. The Kier molecular flexibility index (Phi) is 4.16. The number of ether oxygens (including phenoxy) is 1. The Hall–Kier alpha value is -2.80. The number of hydrogen-bond donors (Lipinski definition) is 1. The maximum absolute atomic E-state index is 5.62. The van der Waals surface area contributed by atoms with Gasteiger partial charge in [-0.2, -0.15) is 4.98 Å². The van der Waals surface area contributed by atoms with Gasteiger partial charge in [-0.05, 0) is 12.8 Å². The first-order valence-corrected chi connectivity index (χ1v) is 7.95. The normalized spacial score (nSPS) is 17.1. The minimum absolute atomic E-state index is 0.218. The van der Waals surface area contributed by atoms with Gasteiger partial charge in [-0.15, -0.1) is 0 Å². The summed E-state index contributed by atoms with van der Waals surface area (Å²) in [6.45, 7) is 1.52. The molecule has 0 saturated carbocycles. The second kappa shape index (κ2) is 6.76. The molecule has 7 heteroatoms. The summed E-state index contributed by atoms with van der Waals surface area (Å²) in [5, 5.41) is 7.35. The molecular formula is C17H17N5O2. The van der Waals surface area contributed by atoms with Crippen LogP contribution in [0.25, 0.3) is 22.8 Å². The third kappa shape index (κ3) is 3.11. The van der Waals surface area contributed by atoms with E-state index in [9.17, 15) is 0 Å². The highest BCUT2D eigenvalue weighted by atomic mass is 16.5. The molecule has 1 aromatic carbocycles. The summed E-state index contributed by atoms with van der Waals surface area (Å²) in [6.07, 6.45) is 5.55. The lowest BCUT2D eigenvalue weighted by atomic mass is 10.2. The highest BCUT2D eigenvalue weighted by Crippen LogP contribution is 2.26. The van der Waals surface area contributed by atoms with Crippen molar-refractivity contribution >= 4 is 5.82 Å². The van der Waals surface area contributed by atoms with E-state index in [1.807, 2.05) is 30.3 Å². The van der Waals surface area contributed by atoms with E-state index in [0.29, 0.717) is 29.6 Å². The smallest absolute Gasteiger partial charge is 0.263 e. The van der Waals surface area contributed by atoms with E-state index in [2.05, 4.69) is 25.4 Å². The number of nitrogens with one attached hydrogen (secondary N) is 1. The Morgan fingerprint density at radius 1 is 1.21 bits per heavy atom. The molecule has 7 nitrogen and oxygen atoms in total. The van der Waals surface area contributed by atoms with Crippen LogP contribution in [0.3, 0.4) is 0 Å². The fourth-order valence-electron chi connectivity index (χ4n) is 2.68. The third-order valence-corrected chi connectivity index (χ3v) is 3.92. The average Bonchev–Trinajstić information content (AvgIpc) is 3.33. The van der Waals surface area contributed by atoms with Crippen molar-refractivity contribution in [1.82, 2.24) is 20.1 Å². The van der Waals surface area contributed by atoms with Crippen molar-refractivity contribution in [1.29, 1.82) is 0 Å². The van der Waals surface area contributed by atoms with Crippen molar-refractivity contribution in [3.05, 3.63) is 42.9 Å². The molecule has 0 radical (unpaired) electrons. The van der Waals surface area contributed by atoms with E-state index in [-0.39, 0.29) is 6.10 Å². The molecule has 3 heterocycles. The zero-order valence-electron chi connectivity index (χ0n) is 13.1. The standard InChI is InChI=1S/C17H17N5O2/c1-2-5-12(6-3-1)15-21-17(24-22-15)14-10-18-11-20-16(14)19-9-13-7-4-8-23-13/h1-3,5-6,10-11,13H,4,7-9H2,(H,18,19,20)/t13-/m1/s1. The van der Waals surface area contributed by atoms with Gasteiger partial charge in [0.25, 0.3) is 5.89 Å². The molecule has 3 aromatic rings. The molecule has 1 N–H and O–H groups in total. The number of aromatic nitrogens is 4. The summed E-state index contributed by atoms with van der Waals surface area (Å²) in [6, 6.07) is 9.69. The lowest BCUT2D eigenvalue weighted by Crippen LogP contribution is -2.19. The summed E-state index contributed by atoms with van der Waals surface area (Å²) >= 11 is 0. The largest absolute Gasteiger partial charge is 0.376 e. The molecule has 2 aromatic heterocycles. The summed E-state index contributed by atoms with van der Waals surface area (Å²) in [4.78, 5) is 12.8. The molecule has 1 fully saturated rings. The Morgan fingerprint density at radius 3 is 2.96 bits per heavy atom. The van der Waals surface area contributed by atoms with Gasteiger partial charge < -0.3 is 14.6 Å². The van der Waals surface area contributed by atoms with Crippen molar-refractivity contribution in [2.24, 2.45) is 0 Å². The monoisotopic (exact) mass is 323 g/mol. The van der Waals surface area contributed by atoms with Gasteiger partial charge in [-0.3, -0.25) is 0 Å². The van der Waals surface area contributed by atoms with Gasteiger partial charge in [0, 0.05) is 24.9 Å². The SMILES string of the molecule is c1ccc(-c2noc(-c3cncnc3NC[C@H]3CCCO3)n2)cc1. The summed E-state index contributed by atoms with van der Waals surface area (Å²) in [7, 11) is 0. The van der Waals surface area contributed by atoms with Gasteiger partial charge in [0.2, 0.25) is 5.82 Å². The fraction of sp³-hybridized carbons (Fsp3) is 0.294. The molecule has 0 unspecified atom stereocenters. The van der Waals surface area contributed by atoms with Gasteiger partial charge in [0.15, 0.2) is 0 Å². The maximum atomic E-state index is 5.62. The molecule has 24 heavy (non-hydrogen) atoms. The van der Waals surface area contributed by atoms with Crippen LogP contribution in [-0.4, -0.2) is 39.4 Å². The molecular weight excluding hydrogens is 306 g/mol. The highest BCUT2D eigenvalue weighted by Gasteiger charge is 2.18. The van der Waals surface area contributed by atoms with Gasteiger partial charge in [0.1, 0.15) is 17.7 Å². The van der Waals surface area contributed by atoms with Crippen molar-refractivity contribution in [2.75, 3.05) is 18.5 Å². The van der Waals surface area contributed by atoms with Crippen LogP contribution in [0.2, 0.25) is 0 Å². The first kappa shape index (κ1) is 14.8. The molecule has 0 aliphatic carbocycles. The van der Waals surface area contributed by atoms with E-state index in [4.69, 9.17) is 9.26 Å². The third-order valence-electron chi connectivity index (χ3n) is 3.92. The van der Waals surface area contributed by atoms with Crippen LogP contribution in [-0.2, 0) is 4.74 Å². The first-order chi connectivity index (χ1) is 11.9. The maximum Gasteiger partial charge on any atom is 0.263 e. The van der Waals surface area contributed by atoms with Crippen molar-refractivity contribution in [2.45, 2.75) is 18.9 Å². The minimum atomic E-state index is 0.218. The van der Waals surface area contributed by atoms with Crippen molar-refractivity contribution < 1.29 is 9.26 Å². The molecule has 0 bridgehead atoms. The summed E-state index contributed by atoms with van der Waals surface area (Å²) < 4.78 is 11.0. The molecule has 0 spiro atoms. The topological polar surface area (TPSA) is 86.0 Å². The molecule has 122 valence electrons. The van der Waals surface area contributed by atoms with Crippen LogP contribution < -0.4 is 5.32 Å². The van der Waals surface area contributed by atoms with Crippen LogP contribution in [0.15, 0.2) is 47.4 Å². The average molecular weight is 323 g/mol. The lowest BCUT2D eigenvalue weighted by Gasteiger charge is -2.12. The molecule has 1 atom stereocenters. The first-order valence-electron chi connectivity index (χ1n) is 7.95. The van der Waals surface area contributed by atoms with Crippen molar-refractivity contribution in [3.63, 3.8) is 0 Å². The second-order valence-corrected chi connectivity index (χ2v) is 5.59. The molecule has 0 amide bonds. The molecule has 1 aliphatic rings. The number of anilines is 1. The van der Waals surface area contributed by atoms with Crippen molar-refractivity contribution in [3.8, 4) is 22.8 Å². The van der Waals surface area contributed by atoms with Gasteiger partial charge in [-0.1, -0.05) is 35.5 Å². The predicted molar refractivity (Wildman–Crippen MR) is 88.2 cm³/mol. The van der Waals surface area contributed by atoms with Gasteiger partial charge in [0.05, 0.1) is 6.10 Å². The lowest BCUT2D eigenvalue weighted by molar-refractivity contribution is 0.120. The van der Waals surface area contributed by atoms with Crippen LogP contribution in [0, 0.1) is 0 Å². The number of nitrogens with zero attached hydrogens (tertiary/aromatic N) is 4. The zero-order valence-corrected chi connectivity index (χ0v) is 13.1. The van der Waals surface area contributed by atoms with E-state index >= 15 is 0 Å². The van der Waals surface area contributed by atoms with Crippen LogP contribution in [0.5, 0.6) is 0 Å². The van der Waals surface area contributed by atoms with E-state index in [1.165, 1.54) is 6.33 Å². The predicted octanol–water partition coefficient (Wildman–Crippen LogP) is 2.78. The number of hydrogen-bond acceptors (Lipinski definition) is 7. The van der Waals surface area contributed by atoms with Crippen LogP contribution >= 0.6 is 0 Å². The van der Waals surface area contributed by atoms with E-state index in [1.54, 1.807) is 6.20 Å². The summed E-state index contributed by atoms with van der Waals surface area (Å²) in [5.74, 6) is 1.60. The van der Waals surface area contributed by atoms with Crippen LogP contribution in [0.1, 0.15) is 12.8 Å². The zero-order chi connectivity index (χ0) is 16.2. The Labute approximate surface area is 139 Å². The second-order valence-electron chi connectivity index (χ2n) is 5.59. The fourth-order valence-corrected chi connectivity index (χ4v) is 2.68. The van der Waals surface area contributed by atoms with Gasteiger partial charge >= 0.3 is 0 Å². The minimum Gasteiger partial charge on any atom is -0.376 e. The molecule has 4 rings (SSSR count). The quantitative estimate of drug-likeness (QED) is 0.772. The summed E-state index contributed by atoms with van der Waals surface area (Å²) in [5.41, 5.74) is 1.59. The Bertz CT molecular complexity index is 800. The van der Waals surface area contributed by atoms with Gasteiger partial charge in [-0.25, -0.2) is 9.97 Å². The van der Waals surface area contributed by atoms with E-state index in [0.717, 1.165) is 25.0 Å². The Balaban J connectivity index is 1.56. The Morgan fingerprint density at radius 2 is 2.12 bits per heavy atom. The number of rotatable bonds is 5. The van der Waals surface area contributed by atoms with E-state index < -0.39 is 0 Å².